The largest absolute Gasteiger partial charge is 0.494 e. The number of amides is 2. The lowest BCUT2D eigenvalue weighted by Gasteiger charge is -2.34. The summed E-state index contributed by atoms with van der Waals surface area (Å²) in [6.07, 6.45) is 2.64. The number of nitrogen functional groups attached to an aromatic ring is 2. The maximum Gasteiger partial charge on any atom is 0.260 e. The van der Waals surface area contributed by atoms with Crippen molar-refractivity contribution < 1.29 is 23.9 Å². The third-order valence-corrected chi connectivity index (χ3v) is 8.08. The molecule has 0 bridgehead atoms. The summed E-state index contributed by atoms with van der Waals surface area (Å²) in [4.78, 5) is 43.1. The number of carbonyl (C=O) groups is 2. The number of nitrogens with zero attached hydrogens (tertiary/aromatic N) is 3. The molecule has 238 valence electrons. The minimum atomic E-state index is -0.383. The normalized spacial score (nSPS) is 13.1. The van der Waals surface area contributed by atoms with Gasteiger partial charge in [-0.3, -0.25) is 9.59 Å². The number of anilines is 4. The Bertz CT molecular complexity index is 1580. The van der Waals surface area contributed by atoms with Crippen LogP contribution in [0, 0.1) is 6.92 Å². The third-order valence-electron chi connectivity index (χ3n) is 8.08. The van der Waals surface area contributed by atoms with E-state index >= 15 is 0 Å². The SMILES string of the molecule is COc1c(-c2cccc(N)c2N)ccc(C(=O)N(C)c2ccc(C)cc2OCCCCC(=C=O)N2CCN(C)CC2)c1NC=O. The monoisotopic (exact) mass is 614 g/mol. The standard InChI is InChI=1S/C34H42N6O5/c1-23-11-14-29(30(20-23)45-19-6-5-8-24(21-41)40-17-15-38(2)16-18-40)39(3)34(43)27-13-12-26(33(44-4)32(27)37-22-42)25-9-7-10-28(35)31(25)36/h7,9-14,20,22H,5-6,8,15-19,35-36H2,1-4H3,(H,37,42). The Labute approximate surface area is 264 Å². The van der Waals surface area contributed by atoms with Crippen molar-refractivity contribution in [3.8, 4) is 22.6 Å². The Kier molecular flexibility index (Phi) is 11.1. The number of nitrogens with one attached hydrogen (secondary N) is 1. The Morgan fingerprint density at radius 2 is 1.82 bits per heavy atom. The van der Waals surface area contributed by atoms with E-state index in [1.807, 2.05) is 25.1 Å². The van der Waals surface area contributed by atoms with Gasteiger partial charge in [-0.05, 0) is 69.1 Å². The second kappa shape index (κ2) is 15.1. The van der Waals surface area contributed by atoms with Crippen LogP contribution in [-0.2, 0) is 9.59 Å². The van der Waals surface area contributed by atoms with Gasteiger partial charge >= 0.3 is 0 Å². The molecule has 5 N–H and O–H groups in total. The molecule has 3 aromatic carbocycles. The Balaban J connectivity index is 1.51. The fraction of sp³-hybridized carbons (Fsp3) is 0.353. The average molecular weight is 615 g/mol. The number of hydrogen-bond donors (Lipinski definition) is 3. The van der Waals surface area contributed by atoms with Gasteiger partial charge in [-0.2, -0.15) is 0 Å². The zero-order valence-electron chi connectivity index (χ0n) is 26.4. The average Bonchev–Trinajstić information content (AvgIpc) is 3.04. The van der Waals surface area contributed by atoms with Crippen LogP contribution in [0.4, 0.5) is 22.7 Å². The Morgan fingerprint density at radius 1 is 1.07 bits per heavy atom. The first-order chi connectivity index (χ1) is 21.7. The molecular formula is C34H42N6O5. The van der Waals surface area contributed by atoms with Gasteiger partial charge in [0.15, 0.2) is 5.75 Å². The zero-order chi connectivity index (χ0) is 32.5. The van der Waals surface area contributed by atoms with Crippen molar-refractivity contribution in [3.63, 3.8) is 0 Å². The number of methoxy groups -OCH3 is 1. The lowest BCUT2D eigenvalue weighted by molar-refractivity contribution is -0.105. The molecule has 11 heteroatoms. The Morgan fingerprint density at radius 3 is 2.51 bits per heavy atom. The molecule has 0 saturated carbocycles. The van der Waals surface area contributed by atoms with E-state index < -0.39 is 0 Å². The number of carbonyl (C=O) groups excluding carboxylic acids is 3. The summed E-state index contributed by atoms with van der Waals surface area (Å²) in [5, 5.41) is 2.65. The van der Waals surface area contributed by atoms with Crippen LogP contribution in [0.1, 0.15) is 35.2 Å². The van der Waals surface area contributed by atoms with Crippen LogP contribution in [-0.4, -0.2) is 82.0 Å². The van der Waals surface area contributed by atoms with E-state index in [1.165, 1.54) is 12.0 Å². The van der Waals surface area contributed by atoms with Gasteiger partial charge < -0.3 is 41.0 Å². The van der Waals surface area contributed by atoms with Crippen molar-refractivity contribution in [2.24, 2.45) is 0 Å². The van der Waals surface area contributed by atoms with Crippen molar-refractivity contribution in [1.29, 1.82) is 0 Å². The number of para-hydroxylation sites is 1. The van der Waals surface area contributed by atoms with E-state index in [0.717, 1.165) is 44.6 Å². The maximum absolute atomic E-state index is 13.9. The highest BCUT2D eigenvalue weighted by Gasteiger charge is 2.25. The number of nitrogens with two attached hydrogens (primary N) is 2. The number of aryl methyl sites for hydroxylation is 1. The van der Waals surface area contributed by atoms with Gasteiger partial charge in [-0.1, -0.05) is 18.2 Å². The van der Waals surface area contributed by atoms with Gasteiger partial charge in [0.05, 0.1) is 47.7 Å². The lowest BCUT2D eigenvalue weighted by atomic mass is 9.98. The zero-order valence-corrected chi connectivity index (χ0v) is 26.4. The van der Waals surface area contributed by atoms with Crippen LogP contribution < -0.4 is 31.2 Å². The number of hydrogen-bond acceptors (Lipinski definition) is 9. The van der Waals surface area contributed by atoms with Crippen molar-refractivity contribution >= 4 is 41.0 Å². The predicted octanol–water partition coefficient (Wildman–Crippen LogP) is 4.19. The highest BCUT2D eigenvalue weighted by molar-refractivity contribution is 6.12. The molecule has 1 heterocycles. The first kappa shape index (κ1) is 32.9. The number of ether oxygens (including phenoxy) is 2. The predicted molar refractivity (Wildman–Crippen MR) is 178 cm³/mol. The van der Waals surface area contributed by atoms with Crippen LogP contribution in [0.2, 0.25) is 0 Å². The lowest BCUT2D eigenvalue weighted by Crippen LogP contribution is -2.44. The highest BCUT2D eigenvalue weighted by Crippen LogP contribution is 2.43. The number of unbranched alkanes of at least 4 members (excludes halogenated alkanes) is 1. The van der Waals surface area contributed by atoms with E-state index in [2.05, 4.69) is 28.1 Å². The fourth-order valence-electron chi connectivity index (χ4n) is 5.44. The molecule has 1 aliphatic rings. The van der Waals surface area contributed by atoms with Crippen molar-refractivity contribution in [2.45, 2.75) is 26.2 Å². The second-order valence-corrected chi connectivity index (χ2v) is 11.1. The summed E-state index contributed by atoms with van der Waals surface area (Å²) in [5.74, 6) is 2.58. The molecule has 45 heavy (non-hydrogen) atoms. The smallest absolute Gasteiger partial charge is 0.260 e. The first-order valence-corrected chi connectivity index (χ1v) is 14.9. The summed E-state index contributed by atoms with van der Waals surface area (Å²) >= 11 is 0. The molecule has 0 aromatic heterocycles. The molecule has 1 fully saturated rings. The van der Waals surface area contributed by atoms with Crippen molar-refractivity contribution in [3.05, 3.63) is 65.4 Å². The van der Waals surface area contributed by atoms with E-state index in [-0.39, 0.29) is 22.9 Å². The van der Waals surface area contributed by atoms with Crippen LogP contribution >= 0.6 is 0 Å². The van der Waals surface area contributed by atoms with Crippen molar-refractivity contribution in [2.75, 3.05) is 75.7 Å². The van der Waals surface area contributed by atoms with Crippen LogP contribution in [0.25, 0.3) is 11.1 Å². The Hall–Kier alpha value is -4.99. The van der Waals surface area contributed by atoms with Crippen molar-refractivity contribution in [1.82, 2.24) is 9.80 Å². The van der Waals surface area contributed by atoms with Crippen LogP contribution in [0.5, 0.6) is 11.5 Å². The van der Waals surface area contributed by atoms with E-state index in [9.17, 15) is 14.4 Å². The highest BCUT2D eigenvalue weighted by atomic mass is 16.5. The fourth-order valence-corrected chi connectivity index (χ4v) is 5.44. The molecule has 0 spiro atoms. The first-order valence-electron chi connectivity index (χ1n) is 14.9. The van der Waals surface area contributed by atoms with Gasteiger partial charge in [-0.25, -0.2) is 4.79 Å². The molecule has 0 radical (unpaired) electrons. The number of likely N-dealkylation sites (N-methyl/N-ethyl adjacent to an activating group) is 1. The van der Waals surface area contributed by atoms with E-state index in [0.29, 0.717) is 59.1 Å². The molecular weight excluding hydrogens is 572 g/mol. The minimum Gasteiger partial charge on any atom is -0.494 e. The van der Waals surface area contributed by atoms with Gasteiger partial charge in [0.2, 0.25) is 6.41 Å². The summed E-state index contributed by atoms with van der Waals surface area (Å²) in [5.41, 5.74) is 16.9. The number of piperazine rings is 1. The third kappa shape index (κ3) is 7.57. The van der Waals surface area contributed by atoms with E-state index in [4.69, 9.17) is 20.9 Å². The number of allylic oxidation sites excluding steroid dienone is 1. The summed E-state index contributed by atoms with van der Waals surface area (Å²) in [6.45, 7) is 5.88. The van der Waals surface area contributed by atoms with Crippen LogP contribution in [0.3, 0.4) is 0 Å². The minimum absolute atomic E-state index is 0.206. The van der Waals surface area contributed by atoms with Gasteiger partial charge in [0.1, 0.15) is 11.7 Å². The summed E-state index contributed by atoms with van der Waals surface area (Å²) in [6, 6.07) is 14.2. The van der Waals surface area contributed by atoms with E-state index in [1.54, 1.807) is 37.4 Å². The number of rotatable bonds is 13. The molecule has 3 aromatic rings. The van der Waals surface area contributed by atoms with Gasteiger partial charge in [-0.15, -0.1) is 0 Å². The number of benzene rings is 3. The molecule has 1 aliphatic heterocycles. The molecule has 4 rings (SSSR count). The molecule has 0 aliphatic carbocycles. The van der Waals surface area contributed by atoms with Crippen LogP contribution in [0.15, 0.2) is 54.2 Å². The van der Waals surface area contributed by atoms with Gasteiger partial charge in [0.25, 0.3) is 5.91 Å². The molecule has 0 unspecified atom stereocenters. The quantitative estimate of drug-likeness (QED) is 0.112. The van der Waals surface area contributed by atoms with Gasteiger partial charge in [0, 0.05) is 44.4 Å². The maximum atomic E-state index is 13.9. The summed E-state index contributed by atoms with van der Waals surface area (Å²) in [7, 11) is 5.19. The second-order valence-electron chi connectivity index (χ2n) is 11.1. The molecule has 11 nitrogen and oxygen atoms in total. The molecule has 1 saturated heterocycles. The molecule has 0 atom stereocenters. The molecule has 2 amide bonds. The topological polar surface area (TPSA) is 143 Å². The summed E-state index contributed by atoms with van der Waals surface area (Å²) < 4.78 is 11.9.